The normalized spacial score (nSPS) is 13.3. The monoisotopic (exact) mass is 507 g/mol. The molecule has 0 aromatic heterocycles. The number of hydrogen-bond acceptors (Lipinski definition) is 5. The molecule has 1 saturated heterocycles. The lowest BCUT2D eigenvalue weighted by Gasteiger charge is -2.37. The number of carbonyl (C=O) groups excluding carboxylic acids is 1. The molecule has 8 heteroatoms. The number of carbonyl (C=O) groups is 1. The van der Waals surface area contributed by atoms with Crippen LogP contribution >= 0.6 is 12.2 Å². The molecule has 1 aliphatic rings. The third-order valence-corrected chi connectivity index (χ3v) is 6.69. The van der Waals surface area contributed by atoms with Crippen LogP contribution in [0.15, 0.2) is 60.7 Å². The number of nitrogens with one attached hydrogen (secondary N) is 1. The summed E-state index contributed by atoms with van der Waals surface area (Å²) < 4.78 is 24.5. The van der Waals surface area contributed by atoms with Crippen LogP contribution in [0.25, 0.3) is 0 Å². The largest absolute Gasteiger partial charge is 0.493 e. The molecular weight excluding hydrogens is 477 g/mol. The third-order valence-electron chi connectivity index (χ3n) is 6.20. The van der Waals surface area contributed by atoms with Gasteiger partial charge in [-0.1, -0.05) is 24.4 Å². The van der Waals surface area contributed by atoms with Crippen molar-refractivity contribution in [3.05, 3.63) is 83.2 Å². The molecule has 0 unspecified atom stereocenters. The average Bonchev–Trinajstić information content (AvgIpc) is 2.89. The highest BCUT2D eigenvalue weighted by atomic mass is 32.1. The number of hydrogen-bond donors (Lipinski definition) is 1. The quantitative estimate of drug-likeness (QED) is 0.456. The maximum atomic E-state index is 13.2. The molecule has 0 aliphatic carbocycles. The molecule has 4 rings (SSSR count). The van der Waals surface area contributed by atoms with Crippen molar-refractivity contribution in [1.29, 1.82) is 0 Å². The highest BCUT2D eigenvalue weighted by molar-refractivity contribution is 7.80. The summed E-state index contributed by atoms with van der Waals surface area (Å²) >= 11 is 5.76. The maximum Gasteiger partial charge on any atom is 0.262 e. The van der Waals surface area contributed by atoms with Crippen LogP contribution in [0.2, 0.25) is 0 Å². The van der Waals surface area contributed by atoms with E-state index in [0.29, 0.717) is 11.5 Å². The predicted molar refractivity (Wildman–Crippen MR) is 145 cm³/mol. The smallest absolute Gasteiger partial charge is 0.262 e. The molecule has 188 valence electrons. The predicted octanol–water partition coefficient (Wildman–Crippen LogP) is 4.97. The zero-order valence-corrected chi connectivity index (χ0v) is 21.5. The summed E-state index contributed by atoms with van der Waals surface area (Å²) in [6.07, 6.45) is 0. The average molecular weight is 508 g/mol. The Kier molecular flexibility index (Phi) is 8.05. The number of benzene rings is 3. The van der Waals surface area contributed by atoms with Crippen molar-refractivity contribution in [2.75, 3.05) is 50.1 Å². The van der Waals surface area contributed by atoms with Crippen molar-refractivity contribution in [2.24, 2.45) is 0 Å². The lowest BCUT2D eigenvalue weighted by molar-refractivity contribution is -0.118. The fourth-order valence-corrected chi connectivity index (χ4v) is 4.43. The first-order chi connectivity index (χ1) is 17.3. The van der Waals surface area contributed by atoms with Crippen LogP contribution < -0.4 is 19.7 Å². The van der Waals surface area contributed by atoms with Gasteiger partial charge in [-0.3, -0.25) is 4.79 Å². The summed E-state index contributed by atoms with van der Waals surface area (Å²) in [4.78, 5) is 17.6. The Balaban J connectivity index is 1.34. The number of anilines is 2. The Labute approximate surface area is 216 Å². The van der Waals surface area contributed by atoms with Gasteiger partial charge in [0.05, 0.1) is 7.11 Å². The van der Waals surface area contributed by atoms with E-state index in [-0.39, 0.29) is 18.3 Å². The number of rotatable bonds is 7. The van der Waals surface area contributed by atoms with Crippen LogP contribution in [-0.4, -0.2) is 55.7 Å². The second kappa shape index (κ2) is 11.4. The van der Waals surface area contributed by atoms with Gasteiger partial charge in [0.15, 0.2) is 18.1 Å². The molecule has 1 fully saturated rings. The van der Waals surface area contributed by atoms with Crippen molar-refractivity contribution in [2.45, 2.75) is 13.8 Å². The van der Waals surface area contributed by atoms with Gasteiger partial charge < -0.3 is 24.6 Å². The van der Waals surface area contributed by atoms with Crippen LogP contribution in [-0.2, 0) is 4.79 Å². The number of aryl methyl sites for hydroxylation is 2. The van der Waals surface area contributed by atoms with Gasteiger partial charge in [-0.15, -0.1) is 0 Å². The highest BCUT2D eigenvalue weighted by Crippen LogP contribution is 2.29. The first-order valence-electron chi connectivity index (χ1n) is 11.8. The van der Waals surface area contributed by atoms with Gasteiger partial charge in [-0.25, -0.2) is 4.39 Å². The second-order valence-electron chi connectivity index (χ2n) is 8.78. The Morgan fingerprint density at radius 2 is 1.69 bits per heavy atom. The molecule has 36 heavy (non-hydrogen) atoms. The Morgan fingerprint density at radius 3 is 2.39 bits per heavy atom. The van der Waals surface area contributed by atoms with E-state index in [1.165, 1.54) is 12.1 Å². The van der Waals surface area contributed by atoms with E-state index in [0.717, 1.165) is 59.2 Å². The molecule has 0 saturated carbocycles. The van der Waals surface area contributed by atoms with E-state index in [9.17, 15) is 9.18 Å². The number of amides is 1. The zero-order valence-electron chi connectivity index (χ0n) is 20.7. The number of halogens is 1. The number of ether oxygens (including phenoxy) is 2. The summed E-state index contributed by atoms with van der Waals surface area (Å²) in [6.45, 7) is 6.89. The summed E-state index contributed by atoms with van der Waals surface area (Å²) in [5, 5.41) is 2.89. The van der Waals surface area contributed by atoms with E-state index in [4.69, 9.17) is 21.7 Å². The standard InChI is InChI=1S/C28H30FN3O3S/c1-19-4-5-20(2)24(16-19)30-27(33)18-35-25-11-6-21(17-26(25)34-3)28(36)32-14-12-31(13-15-32)23-9-7-22(29)8-10-23/h4-11,16-17H,12-15,18H2,1-3H3,(H,30,33). The van der Waals surface area contributed by atoms with Gasteiger partial charge in [0.2, 0.25) is 0 Å². The topological polar surface area (TPSA) is 54.0 Å². The lowest BCUT2D eigenvalue weighted by Crippen LogP contribution is -2.48. The summed E-state index contributed by atoms with van der Waals surface area (Å²) in [6, 6.07) is 18.0. The molecule has 3 aromatic carbocycles. The molecule has 1 aliphatic heterocycles. The lowest BCUT2D eigenvalue weighted by atomic mass is 10.1. The minimum Gasteiger partial charge on any atom is -0.493 e. The first kappa shape index (κ1) is 25.4. The summed E-state index contributed by atoms with van der Waals surface area (Å²) in [5.41, 5.74) is 4.69. The molecule has 3 aromatic rings. The highest BCUT2D eigenvalue weighted by Gasteiger charge is 2.21. The van der Waals surface area contributed by atoms with Gasteiger partial charge in [0, 0.05) is 43.1 Å². The SMILES string of the molecule is COc1cc(C(=S)N2CCN(c3ccc(F)cc3)CC2)ccc1OCC(=O)Nc1cc(C)ccc1C. The molecule has 6 nitrogen and oxygen atoms in total. The van der Waals surface area contributed by atoms with E-state index in [1.54, 1.807) is 25.3 Å². The minimum absolute atomic E-state index is 0.140. The third kappa shape index (κ3) is 6.12. The van der Waals surface area contributed by atoms with Crippen molar-refractivity contribution < 1.29 is 18.7 Å². The van der Waals surface area contributed by atoms with Crippen LogP contribution in [0.4, 0.5) is 15.8 Å². The van der Waals surface area contributed by atoms with Crippen LogP contribution in [0.3, 0.4) is 0 Å². The molecule has 1 N–H and O–H groups in total. The molecule has 0 radical (unpaired) electrons. The van der Waals surface area contributed by atoms with Crippen molar-refractivity contribution in [3.8, 4) is 11.5 Å². The van der Waals surface area contributed by atoms with Gasteiger partial charge in [-0.05, 0) is 73.5 Å². The van der Waals surface area contributed by atoms with E-state index < -0.39 is 0 Å². The summed E-state index contributed by atoms with van der Waals surface area (Å²) in [7, 11) is 1.56. The number of piperazine rings is 1. The zero-order chi connectivity index (χ0) is 25.7. The van der Waals surface area contributed by atoms with E-state index in [2.05, 4.69) is 15.1 Å². The molecule has 1 heterocycles. The van der Waals surface area contributed by atoms with Crippen molar-refractivity contribution in [1.82, 2.24) is 4.90 Å². The Hall–Kier alpha value is -3.65. The van der Waals surface area contributed by atoms with Gasteiger partial charge in [0.1, 0.15) is 10.8 Å². The maximum absolute atomic E-state index is 13.2. The van der Waals surface area contributed by atoms with Crippen molar-refractivity contribution >= 4 is 34.5 Å². The summed E-state index contributed by atoms with van der Waals surface area (Å²) in [5.74, 6) is 0.506. The fourth-order valence-electron chi connectivity index (χ4n) is 4.12. The van der Waals surface area contributed by atoms with Gasteiger partial charge in [0.25, 0.3) is 5.91 Å². The van der Waals surface area contributed by atoms with E-state index in [1.807, 2.05) is 44.2 Å². The van der Waals surface area contributed by atoms with Crippen molar-refractivity contribution in [3.63, 3.8) is 0 Å². The number of thiocarbonyl (C=S) groups is 1. The van der Waals surface area contributed by atoms with Crippen LogP contribution in [0.5, 0.6) is 11.5 Å². The van der Waals surface area contributed by atoms with Crippen LogP contribution in [0.1, 0.15) is 16.7 Å². The van der Waals surface area contributed by atoms with Crippen LogP contribution in [0, 0.1) is 19.7 Å². The number of nitrogens with zero attached hydrogens (tertiary/aromatic N) is 2. The molecule has 1 amide bonds. The van der Waals surface area contributed by atoms with Gasteiger partial charge >= 0.3 is 0 Å². The second-order valence-corrected chi connectivity index (χ2v) is 9.16. The molecular formula is C28H30FN3O3S. The Morgan fingerprint density at radius 1 is 0.972 bits per heavy atom. The first-order valence-corrected chi connectivity index (χ1v) is 12.2. The molecule has 0 bridgehead atoms. The molecule has 0 spiro atoms. The Bertz CT molecular complexity index is 1240. The van der Waals surface area contributed by atoms with Gasteiger partial charge in [-0.2, -0.15) is 0 Å². The minimum atomic E-state index is -0.246. The van der Waals surface area contributed by atoms with E-state index >= 15 is 0 Å². The molecule has 0 atom stereocenters. The fraction of sp³-hybridized carbons (Fsp3) is 0.286. The number of methoxy groups -OCH3 is 1.